The number of primary amides is 1. The number of carbonyl (C=O) groups is 1. The zero-order valence-corrected chi connectivity index (χ0v) is 18.0. The number of nitrogens with zero attached hydrogens (tertiary/aromatic N) is 3. The van der Waals surface area contributed by atoms with Gasteiger partial charge in [0.1, 0.15) is 24.7 Å². The van der Waals surface area contributed by atoms with Gasteiger partial charge in [0.25, 0.3) is 0 Å². The molecule has 1 aromatic heterocycles. The Morgan fingerprint density at radius 1 is 1.00 bits per heavy atom. The van der Waals surface area contributed by atoms with Crippen molar-refractivity contribution >= 4 is 16.8 Å². The van der Waals surface area contributed by atoms with Crippen molar-refractivity contribution in [3.8, 4) is 11.5 Å². The fraction of sp³-hybridized carbons (Fsp3) is 0.375. The van der Waals surface area contributed by atoms with Crippen molar-refractivity contribution in [1.29, 1.82) is 0 Å². The number of hydrogen-bond donors (Lipinski definition) is 1. The van der Waals surface area contributed by atoms with E-state index in [1.165, 1.54) is 10.9 Å². The first-order valence-corrected chi connectivity index (χ1v) is 10.7. The van der Waals surface area contributed by atoms with Gasteiger partial charge in [-0.05, 0) is 23.8 Å². The van der Waals surface area contributed by atoms with Crippen LogP contribution in [0.15, 0.2) is 54.7 Å². The third-order valence-corrected chi connectivity index (χ3v) is 5.77. The van der Waals surface area contributed by atoms with Gasteiger partial charge in [-0.25, -0.2) is 0 Å². The van der Waals surface area contributed by atoms with Crippen molar-refractivity contribution in [2.45, 2.75) is 13.1 Å². The number of nitrogens with two attached hydrogens (primary N) is 1. The third-order valence-electron chi connectivity index (χ3n) is 5.77. The van der Waals surface area contributed by atoms with E-state index < -0.39 is 0 Å². The second-order valence-corrected chi connectivity index (χ2v) is 7.91. The number of benzene rings is 2. The normalized spacial score (nSPS) is 15.3. The quantitative estimate of drug-likeness (QED) is 0.573. The zero-order chi connectivity index (χ0) is 21.6. The van der Waals surface area contributed by atoms with E-state index >= 15 is 0 Å². The van der Waals surface area contributed by atoms with Crippen LogP contribution in [-0.2, 0) is 17.9 Å². The molecule has 1 saturated heterocycles. The van der Waals surface area contributed by atoms with E-state index in [9.17, 15) is 4.79 Å². The summed E-state index contributed by atoms with van der Waals surface area (Å²) < 4.78 is 13.1. The minimum Gasteiger partial charge on any atom is -0.497 e. The number of carbonyl (C=O) groups excluding carboxylic acids is 1. The largest absolute Gasteiger partial charge is 0.497 e. The predicted molar refractivity (Wildman–Crippen MR) is 121 cm³/mol. The second-order valence-electron chi connectivity index (χ2n) is 7.91. The number of ether oxygens (including phenoxy) is 2. The monoisotopic (exact) mass is 422 g/mol. The maximum absolute atomic E-state index is 11.4. The van der Waals surface area contributed by atoms with Crippen LogP contribution in [0.5, 0.6) is 11.5 Å². The van der Waals surface area contributed by atoms with Gasteiger partial charge in [0.05, 0.1) is 7.11 Å². The van der Waals surface area contributed by atoms with Gasteiger partial charge in [-0.3, -0.25) is 14.6 Å². The SMILES string of the molecule is COc1cccc(OCCN2CCN(Cc3cn(CC(N)=O)c4ccccc34)CC2)c1. The fourth-order valence-corrected chi connectivity index (χ4v) is 4.14. The molecule has 1 amide bonds. The summed E-state index contributed by atoms with van der Waals surface area (Å²) in [5, 5.41) is 1.19. The summed E-state index contributed by atoms with van der Waals surface area (Å²) in [4.78, 5) is 16.3. The molecule has 0 unspecified atom stereocenters. The molecule has 1 fully saturated rings. The van der Waals surface area contributed by atoms with E-state index in [1.807, 2.05) is 47.0 Å². The number of amides is 1. The summed E-state index contributed by atoms with van der Waals surface area (Å²) in [5.74, 6) is 1.32. The van der Waals surface area contributed by atoms with Gasteiger partial charge in [0.2, 0.25) is 5.91 Å². The van der Waals surface area contributed by atoms with Gasteiger partial charge < -0.3 is 19.8 Å². The lowest BCUT2D eigenvalue weighted by Crippen LogP contribution is -2.47. The molecule has 0 bridgehead atoms. The smallest absolute Gasteiger partial charge is 0.237 e. The molecule has 1 aliphatic rings. The minimum atomic E-state index is -0.322. The molecule has 4 rings (SSSR count). The van der Waals surface area contributed by atoms with Crippen LogP contribution >= 0.6 is 0 Å². The molecule has 2 aromatic carbocycles. The Bertz CT molecular complexity index is 1020. The van der Waals surface area contributed by atoms with Crippen LogP contribution in [0.1, 0.15) is 5.56 Å². The molecule has 1 aliphatic heterocycles. The number of fused-ring (bicyclic) bond motifs is 1. The number of hydrogen-bond acceptors (Lipinski definition) is 5. The highest BCUT2D eigenvalue weighted by molar-refractivity contribution is 5.85. The van der Waals surface area contributed by atoms with Crippen molar-refractivity contribution in [3.05, 3.63) is 60.3 Å². The van der Waals surface area contributed by atoms with E-state index in [1.54, 1.807) is 7.11 Å². The number of aromatic nitrogens is 1. The topological polar surface area (TPSA) is 73.0 Å². The van der Waals surface area contributed by atoms with Crippen LogP contribution in [0.2, 0.25) is 0 Å². The number of piperazine rings is 1. The van der Waals surface area contributed by atoms with Crippen molar-refractivity contribution in [2.24, 2.45) is 5.73 Å². The van der Waals surface area contributed by atoms with Gasteiger partial charge in [0, 0.05) is 62.4 Å². The number of methoxy groups -OCH3 is 1. The average Bonchev–Trinajstić information content (AvgIpc) is 3.12. The summed E-state index contributed by atoms with van der Waals surface area (Å²) in [6.45, 7) is 6.70. The zero-order valence-electron chi connectivity index (χ0n) is 18.0. The van der Waals surface area contributed by atoms with Crippen LogP contribution in [0, 0.1) is 0 Å². The molecular formula is C24H30N4O3. The lowest BCUT2D eigenvalue weighted by molar-refractivity contribution is -0.118. The van der Waals surface area contributed by atoms with E-state index in [4.69, 9.17) is 15.2 Å². The molecule has 0 atom stereocenters. The third kappa shape index (κ3) is 5.37. The second kappa shape index (κ2) is 9.85. The van der Waals surface area contributed by atoms with E-state index in [0.717, 1.165) is 56.3 Å². The standard InChI is InChI=1S/C24H30N4O3/c1-30-20-5-4-6-21(15-20)31-14-13-26-9-11-27(12-10-26)16-19-17-28(18-24(25)29)23-8-3-2-7-22(19)23/h2-8,15,17H,9-14,16,18H2,1H3,(H2,25,29). The molecule has 7 nitrogen and oxygen atoms in total. The first-order valence-electron chi connectivity index (χ1n) is 10.7. The Morgan fingerprint density at radius 3 is 2.52 bits per heavy atom. The molecule has 31 heavy (non-hydrogen) atoms. The van der Waals surface area contributed by atoms with Crippen LogP contribution in [0.4, 0.5) is 0 Å². The Labute approximate surface area is 182 Å². The molecule has 3 aromatic rings. The summed E-state index contributed by atoms with van der Waals surface area (Å²) in [6, 6.07) is 15.9. The van der Waals surface area contributed by atoms with Gasteiger partial charge in [0.15, 0.2) is 0 Å². The lowest BCUT2D eigenvalue weighted by atomic mass is 10.1. The number of para-hydroxylation sites is 1. The highest BCUT2D eigenvalue weighted by Gasteiger charge is 2.19. The van der Waals surface area contributed by atoms with Gasteiger partial charge >= 0.3 is 0 Å². The van der Waals surface area contributed by atoms with Crippen molar-refractivity contribution in [2.75, 3.05) is 46.4 Å². The van der Waals surface area contributed by atoms with E-state index in [-0.39, 0.29) is 12.5 Å². The summed E-state index contributed by atoms with van der Waals surface area (Å²) in [5.41, 5.74) is 7.73. The Hall–Kier alpha value is -3.03. The van der Waals surface area contributed by atoms with Gasteiger partial charge in [-0.15, -0.1) is 0 Å². The lowest BCUT2D eigenvalue weighted by Gasteiger charge is -2.34. The maximum atomic E-state index is 11.4. The van der Waals surface area contributed by atoms with Crippen LogP contribution < -0.4 is 15.2 Å². The van der Waals surface area contributed by atoms with Gasteiger partial charge in [-0.2, -0.15) is 0 Å². The molecule has 164 valence electrons. The Kier molecular flexibility index (Phi) is 6.74. The molecule has 0 spiro atoms. The predicted octanol–water partition coefficient (Wildman–Crippen LogP) is 2.33. The van der Waals surface area contributed by atoms with Gasteiger partial charge in [-0.1, -0.05) is 24.3 Å². The highest BCUT2D eigenvalue weighted by atomic mass is 16.5. The molecule has 0 aliphatic carbocycles. The minimum absolute atomic E-state index is 0.210. The van der Waals surface area contributed by atoms with Crippen LogP contribution in [0.3, 0.4) is 0 Å². The van der Waals surface area contributed by atoms with Crippen molar-refractivity contribution in [1.82, 2.24) is 14.4 Å². The molecule has 2 heterocycles. The Balaban J connectivity index is 1.28. The van der Waals surface area contributed by atoms with E-state index in [2.05, 4.69) is 22.1 Å². The molecule has 0 saturated carbocycles. The van der Waals surface area contributed by atoms with Crippen molar-refractivity contribution in [3.63, 3.8) is 0 Å². The Morgan fingerprint density at radius 2 is 1.74 bits per heavy atom. The number of rotatable bonds is 9. The fourth-order valence-electron chi connectivity index (χ4n) is 4.14. The first-order chi connectivity index (χ1) is 15.1. The molecule has 2 N–H and O–H groups in total. The maximum Gasteiger partial charge on any atom is 0.237 e. The highest BCUT2D eigenvalue weighted by Crippen LogP contribution is 2.23. The van der Waals surface area contributed by atoms with Crippen LogP contribution in [0.25, 0.3) is 10.9 Å². The van der Waals surface area contributed by atoms with Crippen LogP contribution in [-0.4, -0.2) is 66.7 Å². The molecule has 7 heteroatoms. The summed E-state index contributed by atoms with van der Waals surface area (Å²) in [6.07, 6.45) is 2.07. The first kappa shape index (κ1) is 21.2. The average molecular weight is 423 g/mol. The molecule has 0 radical (unpaired) electrons. The van der Waals surface area contributed by atoms with Crippen molar-refractivity contribution < 1.29 is 14.3 Å². The molecular weight excluding hydrogens is 392 g/mol. The summed E-state index contributed by atoms with van der Waals surface area (Å²) >= 11 is 0. The summed E-state index contributed by atoms with van der Waals surface area (Å²) in [7, 11) is 1.66. The van der Waals surface area contributed by atoms with E-state index in [0.29, 0.717) is 6.61 Å².